The summed E-state index contributed by atoms with van der Waals surface area (Å²) in [5.41, 5.74) is 0.201. The van der Waals surface area contributed by atoms with Crippen LogP contribution in [-0.2, 0) is 0 Å². The van der Waals surface area contributed by atoms with Gasteiger partial charge in [-0.25, -0.2) is 8.78 Å². The first-order valence-corrected chi connectivity index (χ1v) is 4.15. The molecule has 1 rings (SSSR count). The summed E-state index contributed by atoms with van der Waals surface area (Å²) in [6, 6.07) is 2.12. The van der Waals surface area contributed by atoms with Crippen LogP contribution in [0, 0.1) is 18.6 Å². The lowest BCUT2D eigenvalue weighted by atomic mass is 10.2. The Bertz CT molecular complexity index is 272. The summed E-state index contributed by atoms with van der Waals surface area (Å²) in [4.78, 5) is 0. The molecule has 0 atom stereocenters. The number of hydrogen-bond donors (Lipinski definition) is 0. The fourth-order valence-electron chi connectivity index (χ4n) is 0.885. The maximum atomic E-state index is 12.7. The fourth-order valence-corrected chi connectivity index (χ4v) is 0.885. The average Bonchev–Trinajstić information content (AvgIpc) is 2.16. The van der Waals surface area contributed by atoms with E-state index in [1.807, 2.05) is 13.8 Å². The van der Waals surface area contributed by atoms with E-state index in [-0.39, 0.29) is 11.3 Å². The van der Waals surface area contributed by atoms with Crippen LogP contribution in [0.2, 0.25) is 0 Å². The van der Waals surface area contributed by atoms with Crippen LogP contribution in [0.25, 0.3) is 0 Å². The SMILES string of the molecule is CC.COc1c(F)ccc(F)c1C. The standard InChI is InChI=1S/C8H8F2O.C2H6/c1-5-6(9)3-4-7(10)8(5)11-2;1-2/h3-4H,1-2H3;1-2H3. The number of hydrogen-bond acceptors (Lipinski definition) is 1. The highest BCUT2D eigenvalue weighted by Crippen LogP contribution is 2.23. The molecule has 0 aliphatic rings. The van der Waals surface area contributed by atoms with Gasteiger partial charge in [0.2, 0.25) is 0 Å². The highest BCUT2D eigenvalue weighted by Gasteiger charge is 2.08. The van der Waals surface area contributed by atoms with Crippen molar-refractivity contribution in [2.75, 3.05) is 7.11 Å². The fraction of sp³-hybridized carbons (Fsp3) is 0.400. The van der Waals surface area contributed by atoms with E-state index in [9.17, 15) is 8.78 Å². The molecule has 0 saturated carbocycles. The molecular weight excluding hydrogens is 174 g/mol. The molecule has 74 valence electrons. The second-order valence-electron chi connectivity index (χ2n) is 2.19. The Balaban J connectivity index is 0.000000671. The largest absolute Gasteiger partial charge is 0.493 e. The van der Waals surface area contributed by atoms with Crippen molar-refractivity contribution in [1.29, 1.82) is 0 Å². The van der Waals surface area contributed by atoms with Gasteiger partial charge in [-0.15, -0.1) is 0 Å². The predicted molar refractivity (Wildman–Crippen MR) is 49.0 cm³/mol. The minimum Gasteiger partial charge on any atom is -0.493 e. The molecule has 0 radical (unpaired) electrons. The van der Waals surface area contributed by atoms with E-state index in [4.69, 9.17) is 0 Å². The molecule has 0 aliphatic carbocycles. The van der Waals surface area contributed by atoms with E-state index in [0.29, 0.717) is 0 Å². The molecule has 0 aliphatic heterocycles. The number of halogens is 2. The van der Waals surface area contributed by atoms with Crippen LogP contribution in [0.3, 0.4) is 0 Å². The van der Waals surface area contributed by atoms with Crippen molar-refractivity contribution >= 4 is 0 Å². The zero-order valence-electron chi connectivity index (χ0n) is 8.32. The van der Waals surface area contributed by atoms with E-state index in [1.54, 1.807) is 0 Å². The van der Waals surface area contributed by atoms with Gasteiger partial charge in [0, 0.05) is 5.56 Å². The summed E-state index contributed by atoms with van der Waals surface area (Å²) in [6.07, 6.45) is 0. The quantitative estimate of drug-likeness (QED) is 0.657. The van der Waals surface area contributed by atoms with Gasteiger partial charge in [-0.3, -0.25) is 0 Å². The van der Waals surface area contributed by atoms with Gasteiger partial charge in [-0.05, 0) is 19.1 Å². The molecule has 0 amide bonds. The van der Waals surface area contributed by atoms with Crippen molar-refractivity contribution in [3.63, 3.8) is 0 Å². The smallest absolute Gasteiger partial charge is 0.165 e. The Kier molecular flexibility index (Phi) is 5.04. The maximum absolute atomic E-state index is 12.7. The molecule has 3 heteroatoms. The van der Waals surface area contributed by atoms with E-state index in [0.717, 1.165) is 12.1 Å². The second kappa shape index (κ2) is 5.51. The summed E-state index contributed by atoms with van der Waals surface area (Å²) < 4.78 is 30.1. The van der Waals surface area contributed by atoms with Gasteiger partial charge in [0.05, 0.1) is 7.11 Å². The summed E-state index contributed by atoms with van der Waals surface area (Å²) in [7, 11) is 1.31. The van der Waals surface area contributed by atoms with Gasteiger partial charge in [-0.1, -0.05) is 13.8 Å². The second-order valence-corrected chi connectivity index (χ2v) is 2.19. The molecule has 0 aromatic heterocycles. The van der Waals surface area contributed by atoms with E-state index in [2.05, 4.69) is 4.74 Å². The molecule has 0 N–H and O–H groups in total. The van der Waals surface area contributed by atoms with Gasteiger partial charge in [0.1, 0.15) is 5.82 Å². The first-order chi connectivity index (χ1) is 6.16. The monoisotopic (exact) mass is 188 g/mol. The van der Waals surface area contributed by atoms with Crippen molar-refractivity contribution in [3.05, 3.63) is 29.3 Å². The van der Waals surface area contributed by atoms with Crippen molar-refractivity contribution in [1.82, 2.24) is 0 Å². The predicted octanol–water partition coefficient (Wildman–Crippen LogP) is 3.31. The van der Waals surface area contributed by atoms with Crippen molar-refractivity contribution < 1.29 is 13.5 Å². The minimum absolute atomic E-state index is 0.0231. The average molecular weight is 188 g/mol. The lowest BCUT2D eigenvalue weighted by molar-refractivity contribution is 0.378. The molecule has 0 bridgehead atoms. The topological polar surface area (TPSA) is 9.23 Å². The van der Waals surface area contributed by atoms with Gasteiger partial charge < -0.3 is 4.74 Å². The highest BCUT2D eigenvalue weighted by molar-refractivity contribution is 5.34. The Morgan fingerprint density at radius 3 is 1.92 bits per heavy atom. The number of benzene rings is 1. The van der Waals surface area contributed by atoms with Crippen LogP contribution in [0.4, 0.5) is 8.78 Å². The lowest BCUT2D eigenvalue weighted by Crippen LogP contribution is -1.93. The number of rotatable bonds is 1. The Morgan fingerprint density at radius 1 is 1.08 bits per heavy atom. The van der Waals surface area contributed by atoms with Crippen LogP contribution in [0.1, 0.15) is 19.4 Å². The molecule has 1 nitrogen and oxygen atoms in total. The van der Waals surface area contributed by atoms with Crippen LogP contribution in [0.5, 0.6) is 5.75 Å². The van der Waals surface area contributed by atoms with Crippen molar-refractivity contribution in [2.24, 2.45) is 0 Å². The number of ether oxygens (including phenoxy) is 1. The summed E-state index contributed by atoms with van der Waals surface area (Å²) in [5, 5.41) is 0. The molecule has 1 aromatic carbocycles. The molecule has 0 spiro atoms. The lowest BCUT2D eigenvalue weighted by Gasteiger charge is -2.05. The van der Waals surface area contributed by atoms with E-state index < -0.39 is 11.6 Å². The summed E-state index contributed by atoms with van der Waals surface area (Å²) in [6.45, 7) is 5.47. The van der Waals surface area contributed by atoms with Gasteiger partial charge in [-0.2, -0.15) is 0 Å². The van der Waals surface area contributed by atoms with Gasteiger partial charge >= 0.3 is 0 Å². The first kappa shape index (κ1) is 11.9. The third-order valence-electron chi connectivity index (χ3n) is 1.50. The van der Waals surface area contributed by atoms with Crippen molar-refractivity contribution in [2.45, 2.75) is 20.8 Å². The summed E-state index contributed by atoms with van der Waals surface area (Å²) >= 11 is 0. The van der Waals surface area contributed by atoms with Crippen LogP contribution >= 0.6 is 0 Å². The molecule has 0 heterocycles. The number of methoxy groups -OCH3 is 1. The zero-order chi connectivity index (χ0) is 10.4. The molecular formula is C10H14F2O. The molecule has 0 unspecified atom stereocenters. The normalized spacial score (nSPS) is 8.77. The van der Waals surface area contributed by atoms with Crippen LogP contribution < -0.4 is 4.74 Å². The van der Waals surface area contributed by atoms with Crippen LogP contribution in [-0.4, -0.2) is 7.11 Å². The zero-order valence-corrected chi connectivity index (χ0v) is 8.32. The molecule has 0 fully saturated rings. The van der Waals surface area contributed by atoms with Gasteiger partial charge in [0.25, 0.3) is 0 Å². The van der Waals surface area contributed by atoms with E-state index in [1.165, 1.54) is 14.0 Å². The Morgan fingerprint density at radius 2 is 1.54 bits per heavy atom. The Labute approximate surface area is 77.3 Å². The minimum atomic E-state index is -0.536. The maximum Gasteiger partial charge on any atom is 0.165 e. The first-order valence-electron chi connectivity index (χ1n) is 4.15. The summed E-state index contributed by atoms with van der Waals surface area (Å²) in [5.74, 6) is -1.01. The van der Waals surface area contributed by atoms with E-state index >= 15 is 0 Å². The van der Waals surface area contributed by atoms with Gasteiger partial charge in [0.15, 0.2) is 11.6 Å². The highest BCUT2D eigenvalue weighted by atomic mass is 19.1. The molecule has 0 saturated heterocycles. The molecule has 13 heavy (non-hydrogen) atoms. The molecule has 1 aromatic rings. The van der Waals surface area contributed by atoms with Crippen LogP contribution in [0.15, 0.2) is 12.1 Å². The third kappa shape index (κ3) is 2.68. The van der Waals surface area contributed by atoms with Crippen molar-refractivity contribution in [3.8, 4) is 5.75 Å². The Hall–Kier alpha value is -1.12. The third-order valence-corrected chi connectivity index (χ3v) is 1.50.